The van der Waals surface area contributed by atoms with Gasteiger partial charge in [0.15, 0.2) is 5.60 Å². The molecule has 0 unspecified atom stereocenters. The van der Waals surface area contributed by atoms with Crippen molar-refractivity contribution in [1.29, 1.82) is 0 Å². The van der Waals surface area contributed by atoms with E-state index in [2.05, 4.69) is 15.9 Å². The number of hydrogen-bond acceptors (Lipinski definition) is 2. The van der Waals surface area contributed by atoms with Gasteiger partial charge >= 0.3 is 5.97 Å². The lowest BCUT2D eigenvalue weighted by Crippen LogP contribution is -2.40. The molecule has 0 amide bonds. The van der Waals surface area contributed by atoms with Crippen molar-refractivity contribution >= 4 is 21.9 Å². The van der Waals surface area contributed by atoms with Gasteiger partial charge in [-0.1, -0.05) is 34.2 Å². The van der Waals surface area contributed by atoms with Gasteiger partial charge in [0.05, 0.1) is 0 Å². The number of aliphatic hydroxyl groups is 1. The third-order valence-corrected chi connectivity index (χ3v) is 3.12. The van der Waals surface area contributed by atoms with Crippen molar-refractivity contribution in [2.24, 2.45) is 0 Å². The van der Waals surface area contributed by atoms with E-state index in [9.17, 15) is 9.90 Å². The van der Waals surface area contributed by atoms with Crippen LogP contribution < -0.4 is 0 Å². The molecule has 1 rings (SSSR count). The predicted octanol–water partition coefficient (Wildman–Crippen LogP) is 1.86. The summed E-state index contributed by atoms with van der Waals surface area (Å²) in [4.78, 5) is 10.8. The first-order valence-corrected chi connectivity index (χ1v) is 5.58. The summed E-state index contributed by atoms with van der Waals surface area (Å²) in [5, 5.41) is 18.6. The average Bonchev–Trinajstić information content (AvgIpc) is 2.19. The van der Waals surface area contributed by atoms with Crippen molar-refractivity contribution < 1.29 is 15.0 Å². The van der Waals surface area contributed by atoms with Crippen LogP contribution >= 0.6 is 15.9 Å². The van der Waals surface area contributed by atoms with E-state index in [0.29, 0.717) is 0 Å². The molecule has 2 N–H and O–H groups in total. The van der Waals surface area contributed by atoms with Gasteiger partial charge < -0.3 is 10.2 Å². The molecule has 0 aromatic carbocycles. The van der Waals surface area contributed by atoms with Crippen LogP contribution in [-0.2, 0) is 4.79 Å². The molecule has 4 heteroatoms. The molecule has 3 nitrogen and oxygen atoms in total. The van der Waals surface area contributed by atoms with Gasteiger partial charge in [0.2, 0.25) is 0 Å². The molecule has 0 aliphatic heterocycles. The first-order chi connectivity index (χ1) is 6.58. The van der Waals surface area contributed by atoms with E-state index >= 15 is 0 Å². The summed E-state index contributed by atoms with van der Waals surface area (Å²) < 4.78 is 0. The molecule has 1 aliphatic carbocycles. The maximum Gasteiger partial charge on any atom is 0.336 e. The zero-order valence-electron chi connectivity index (χ0n) is 7.74. The SMILES string of the molecule is O=C(O)[C@@](O)(CBr)CC1=CCCC=C1. The molecule has 0 saturated heterocycles. The number of alkyl halides is 1. The van der Waals surface area contributed by atoms with Crippen molar-refractivity contribution in [3.8, 4) is 0 Å². The minimum atomic E-state index is -1.69. The standard InChI is InChI=1S/C10H13BrO3/c11-7-10(14,9(12)13)6-8-4-2-1-3-5-8/h2,4-5,14H,1,3,6-7H2,(H,12,13)/t10-/m0/s1. The van der Waals surface area contributed by atoms with Gasteiger partial charge in [-0.3, -0.25) is 0 Å². The third kappa shape index (κ3) is 2.69. The second-order valence-electron chi connectivity index (χ2n) is 3.41. The number of rotatable bonds is 4. The van der Waals surface area contributed by atoms with Gasteiger partial charge in [-0.2, -0.15) is 0 Å². The lowest BCUT2D eigenvalue weighted by Gasteiger charge is -2.21. The molecule has 0 aromatic rings. The zero-order valence-corrected chi connectivity index (χ0v) is 9.33. The largest absolute Gasteiger partial charge is 0.479 e. The third-order valence-electron chi connectivity index (χ3n) is 2.19. The fourth-order valence-corrected chi connectivity index (χ4v) is 1.75. The Morgan fingerprint density at radius 2 is 2.29 bits per heavy atom. The number of allylic oxidation sites excluding steroid dienone is 3. The van der Waals surface area contributed by atoms with Crippen LogP contribution in [0.3, 0.4) is 0 Å². The van der Waals surface area contributed by atoms with E-state index in [4.69, 9.17) is 5.11 Å². The maximum absolute atomic E-state index is 10.8. The van der Waals surface area contributed by atoms with E-state index in [0.717, 1.165) is 18.4 Å². The molecular formula is C10H13BrO3. The van der Waals surface area contributed by atoms with Crippen LogP contribution in [0.5, 0.6) is 0 Å². The molecule has 0 fully saturated rings. The Hall–Kier alpha value is -0.610. The molecule has 1 aliphatic rings. The van der Waals surface area contributed by atoms with Crippen LogP contribution in [0, 0.1) is 0 Å². The Kier molecular flexibility index (Phi) is 3.89. The number of aliphatic carboxylic acids is 1. The van der Waals surface area contributed by atoms with Gasteiger partial charge in [-0.25, -0.2) is 4.79 Å². The summed E-state index contributed by atoms with van der Waals surface area (Å²) in [6.07, 6.45) is 7.90. The summed E-state index contributed by atoms with van der Waals surface area (Å²) >= 11 is 3.02. The summed E-state index contributed by atoms with van der Waals surface area (Å²) in [5.74, 6) is -1.19. The van der Waals surface area contributed by atoms with Crippen LogP contribution in [0.4, 0.5) is 0 Å². The monoisotopic (exact) mass is 260 g/mol. The van der Waals surface area contributed by atoms with Crippen molar-refractivity contribution in [3.05, 3.63) is 23.8 Å². The Morgan fingerprint density at radius 3 is 2.71 bits per heavy atom. The minimum Gasteiger partial charge on any atom is -0.479 e. The second kappa shape index (κ2) is 4.75. The highest BCUT2D eigenvalue weighted by Crippen LogP contribution is 2.23. The quantitative estimate of drug-likeness (QED) is 0.759. The van der Waals surface area contributed by atoms with E-state index in [1.54, 1.807) is 0 Å². The van der Waals surface area contributed by atoms with E-state index in [1.165, 1.54) is 0 Å². The normalized spacial score (nSPS) is 20.0. The lowest BCUT2D eigenvalue weighted by molar-refractivity contribution is -0.155. The smallest absolute Gasteiger partial charge is 0.336 e. The number of hydrogen-bond donors (Lipinski definition) is 2. The van der Waals surface area contributed by atoms with E-state index in [-0.39, 0.29) is 11.8 Å². The minimum absolute atomic E-state index is 0.0422. The van der Waals surface area contributed by atoms with Gasteiger partial charge in [0, 0.05) is 11.8 Å². The number of carbonyl (C=O) groups is 1. The topological polar surface area (TPSA) is 57.5 Å². The van der Waals surface area contributed by atoms with E-state index in [1.807, 2.05) is 18.2 Å². The van der Waals surface area contributed by atoms with Crippen molar-refractivity contribution in [2.45, 2.75) is 24.9 Å². The van der Waals surface area contributed by atoms with Gasteiger partial charge in [-0.15, -0.1) is 0 Å². The van der Waals surface area contributed by atoms with Gasteiger partial charge in [0.25, 0.3) is 0 Å². The Morgan fingerprint density at radius 1 is 1.57 bits per heavy atom. The summed E-state index contributed by atoms with van der Waals surface area (Å²) in [6.45, 7) is 0. The molecule has 78 valence electrons. The average molecular weight is 261 g/mol. The summed E-state index contributed by atoms with van der Waals surface area (Å²) in [7, 11) is 0. The lowest BCUT2D eigenvalue weighted by atomic mass is 9.93. The fraction of sp³-hybridized carbons (Fsp3) is 0.500. The molecule has 14 heavy (non-hydrogen) atoms. The first-order valence-electron chi connectivity index (χ1n) is 4.46. The van der Waals surface area contributed by atoms with Gasteiger partial charge in [0.1, 0.15) is 0 Å². The Balaban J connectivity index is 2.69. The molecular weight excluding hydrogens is 248 g/mol. The van der Waals surface area contributed by atoms with Crippen LogP contribution in [0.15, 0.2) is 23.8 Å². The van der Waals surface area contributed by atoms with Crippen LogP contribution in [0.2, 0.25) is 0 Å². The molecule has 0 radical (unpaired) electrons. The van der Waals surface area contributed by atoms with Crippen molar-refractivity contribution in [1.82, 2.24) is 0 Å². The second-order valence-corrected chi connectivity index (χ2v) is 3.97. The van der Waals surface area contributed by atoms with Crippen molar-refractivity contribution in [3.63, 3.8) is 0 Å². The van der Waals surface area contributed by atoms with Crippen LogP contribution in [0.1, 0.15) is 19.3 Å². The summed E-state index contributed by atoms with van der Waals surface area (Å²) in [6, 6.07) is 0. The van der Waals surface area contributed by atoms with E-state index < -0.39 is 11.6 Å². The highest BCUT2D eigenvalue weighted by atomic mass is 79.9. The fourth-order valence-electron chi connectivity index (χ4n) is 1.32. The molecule has 0 heterocycles. The molecule has 1 atom stereocenters. The number of halogens is 1. The van der Waals surface area contributed by atoms with Crippen LogP contribution in [0.25, 0.3) is 0 Å². The molecule has 0 saturated carbocycles. The first kappa shape index (κ1) is 11.5. The van der Waals surface area contributed by atoms with Gasteiger partial charge in [-0.05, 0) is 18.4 Å². The molecule has 0 bridgehead atoms. The molecule has 0 aromatic heterocycles. The van der Waals surface area contributed by atoms with Crippen molar-refractivity contribution in [2.75, 3.05) is 5.33 Å². The zero-order chi connectivity index (χ0) is 10.6. The maximum atomic E-state index is 10.8. The Labute approximate surface area is 91.3 Å². The number of carboxylic acid groups (broad SMARTS) is 1. The Bertz CT molecular complexity index is 283. The predicted molar refractivity (Wildman–Crippen MR) is 57.5 cm³/mol. The summed E-state index contributed by atoms with van der Waals surface area (Å²) in [5.41, 5.74) is -0.798. The highest BCUT2D eigenvalue weighted by Gasteiger charge is 2.35. The molecule has 0 spiro atoms. The number of carboxylic acids is 1. The highest BCUT2D eigenvalue weighted by molar-refractivity contribution is 9.09. The van der Waals surface area contributed by atoms with Crippen LogP contribution in [-0.4, -0.2) is 27.1 Å².